The molecule has 0 unspecified atom stereocenters. The number of aromatic nitrogens is 4. The van der Waals surface area contributed by atoms with Gasteiger partial charge in [0.25, 0.3) is 0 Å². The second kappa shape index (κ2) is 12.5. The molecule has 50 heavy (non-hydrogen) atoms. The number of rotatable bonds is 5. The molecule has 6 rings (SSSR count). The van der Waals surface area contributed by atoms with Gasteiger partial charge in [-0.25, -0.2) is 19.6 Å². The fraction of sp³-hybridized carbons (Fsp3) is 0.459. The summed E-state index contributed by atoms with van der Waals surface area (Å²) in [6, 6.07) is 14.2. The summed E-state index contributed by atoms with van der Waals surface area (Å²) in [7, 11) is 0. The van der Waals surface area contributed by atoms with Gasteiger partial charge in [0.15, 0.2) is 0 Å². The van der Waals surface area contributed by atoms with E-state index in [-0.39, 0.29) is 35.8 Å². The molecule has 0 saturated carbocycles. The van der Waals surface area contributed by atoms with E-state index in [1.54, 1.807) is 35.4 Å². The quantitative estimate of drug-likeness (QED) is 0.191. The fourth-order valence-electron chi connectivity index (χ4n) is 7.35. The fourth-order valence-corrected chi connectivity index (χ4v) is 7.35. The molecule has 3 N–H and O–H groups in total. The van der Waals surface area contributed by atoms with E-state index in [0.29, 0.717) is 25.2 Å². The van der Waals surface area contributed by atoms with E-state index >= 15 is 0 Å². The number of hydrogen-bond donors (Lipinski definition) is 3. The van der Waals surface area contributed by atoms with Crippen molar-refractivity contribution in [3.05, 3.63) is 72.1 Å². The number of H-pyrrole nitrogens is 2. The first-order valence-electron chi connectivity index (χ1n) is 16.8. The van der Waals surface area contributed by atoms with Gasteiger partial charge >= 0.3 is 18.4 Å². The van der Waals surface area contributed by atoms with E-state index in [2.05, 4.69) is 19.9 Å². The summed E-state index contributed by atoms with van der Waals surface area (Å²) >= 11 is 0. The predicted octanol–water partition coefficient (Wildman–Crippen LogP) is 9.24. The molecular formula is C37H43F3N6O4. The standard InChI is InChI=1S/C37H43F3N6O4/c1-34(2,3)36(18-8-20-46(36)32(47)48)31-43-28(29(44-31)37(38,39)40)25-16-12-23(13-17-25)22-10-14-24(15-11-22)26-21-41-30(42-26)27-9-7-19-45(27)33(49)50-35(4,5)6/h10-17,21,27H,7-9,18-20H2,1-6H3,(H,41,42)(H,43,44)(H,47,48)/t27-,36+/m0/s1. The third-order valence-corrected chi connectivity index (χ3v) is 9.71. The van der Waals surface area contributed by atoms with E-state index < -0.39 is 34.5 Å². The zero-order valence-electron chi connectivity index (χ0n) is 29.1. The van der Waals surface area contributed by atoms with Crippen molar-refractivity contribution in [3.63, 3.8) is 0 Å². The zero-order chi connectivity index (χ0) is 36.2. The molecule has 0 radical (unpaired) electrons. The van der Waals surface area contributed by atoms with Crippen LogP contribution in [-0.2, 0) is 16.5 Å². The minimum absolute atomic E-state index is 0.000617. The molecule has 2 aromatic heterocycles. The molecule has 2 atom stereocenters. The summed E-state index contributed by atoms with van der Waals surface area (Å²) < 4.78 is 48.8. The molecule has 2 amide bonds. The van der Waals surface area contributed by atoms with Crippen molar-refractivity contribution in [1.29, 1.82) is 0 Å². The topological polar surface area (TPSA) is 127 Å². The van der Waals surface area contributed by atoms with E-state index in [0.717, 1.165) is 35.2 Å². The highest BCUT2D eigenvalue weighted by Crippen LogP contribution is 2.52. The Bertz CT molecular complexity index is 1870. The molecule has 266 valence electrons. The molecular weight excluding hydrogens is 649 g/mol. The lowest BCUT2D eigenvalue weighted by atomic mass is 9.71. The lowest BCUT2D eigenvalue weighted by molar-refractivity contribution is -0.140. The van der Waals surface area contributed by atoms with Gasteiger partial charge in [0.1, 0.15) is 34.2 Å². The molecule has 0 bridgehead atoms. The van der Waals surface area contributed by atoms with Crippen LogP contribution in [0.25, 0.3) is 33.6 Å². The zero-order valence-corrected chi connectivity index (χ0v) is 29.1. The SMILES string of the molecule is CC(C)(C)OC(=O)N1CCC[C@H]1c1ncc(-c2ccc(-c3ccc(-c4nc([C@@]5(C(C)(C)C)CCCN5C(=O)O)[nH]c4C(F)(F)F)cc3)cc2)[nH]1. The highest BCUT2D eigenvalue weighted by molar-refractivity contribution is 5.73. The smallest absolute Gasteiger partial charge is 0.433 e. The van der Waals surface area contributed by atoms with Gasteiger partial charge in [-0.2, -0.15) is 13.2 Å². The number of likely N-dealkylation sites (tertiary alicyclic amines) is 2. The normalized spacial score (nSPS) is 20.1. The Hall–Kier alpha value is -4.81. The number of imidazole rings is 2. The molecule has 13 heteroatoms. The second-order valence-corrected chi connectivity index (χ2v) is 15.1. The summed E-state index contributed by atoms with van der Waals surface area (Å²) in [5.74, 6) is 0.694. The lowest BCUT2D eigenvalue weighted by Crippen LogP contribution is -2.53. The van der Waals surface area contributed by atoms with Crippen molar-refractivity contribution >= 4 is 12.2 Å². The molecule has 2 saturated heterocycles. The van der Waals surface area contributed by atoms with Crippen molar-refractivity contribution in [2.45, 2.75) is 90.6 Å². The van der Waals surface area contributed by atoms with Crippen LogP contribution < -0.4 is 0 Å². The van der Waals surface area contributed by atoms with Crippen molar-refractivity contribution in [2.24, 2.45) is 5.41 Å². The van der Waals surface area contributed by atoms with Crippen LogP contribution in [0.4, 0.5) is 22.8 Å². The molecule has 2 aromatic carbocycles. The Kier molecular flexibility index (Phi) is 8.76. The van der Waals surface area contributed by atoms with Crippen LogP contribution in [0.5, 0.6) is 0 Å². The minimum atomic E-state index is -4.74. The maximum absolute atomic E-state index is 14.4. The average Bonchev–Trinajstić information content (AvgIpc) is 3.84. The van der Waals surface area contributed by atoms with Gasteiger partial charge in [-0.05, 0) is 68.6 Å². The number of aromatic amines is 2. The Morgan fingerprint density at radius 1 is 0.880 bits per heavy atom. The Balaban J connectivity index is 1.24. The van der Waals surface area contributed by atoms with Gasteiger partial charge in [0, 0.05) is 18.7 Å². The van der Waals surface area contributed by atoms with Crippen LogP contribution in [0.15, 0.2) is 54.7 Å². The number of nitrogens with one attached hydrogen (secondary N) is 2. The van der Waals surface area contributed by atoms with Crippen LogP contribution in [0.1, 0.15) is 90.6 Å². The first-order valence-corrected chi connectivity index (χ1v) is 16.8. The number of carbonyl (C=O) groups excluding carboxylic acids is 1. The van der Waals surface area contributed by atoms with Gasteiger partial charge in [-0.3, -0.25) is 9.80 Å². The monoisotopic (exact) mass is 692 g/mol. The number of amides is 2. The first-order chi connectivity index (χ1) is 23.4. The highest BCUT2D eigenvalue weighted by atomic mass is 19.4. The highest BCUT2D eigenvalue weighted by Gasteiger charge is 2.56. The van der Waals surface area contributed by atoms with Crippen LogP contribution in [0, 0.1) is 5.41 Å². The second-order valence-electron chi connectivity index (χ2n) is 15.1. The van der Waals surface area contributed by atoms with E-state index in [4.69, 9.17) is 4.74 Å². The Morgan fingerprint density at radius 3 is 2.04 bits per heavy atom. The van der Waals surface area contributed by atoms with E-state index in [1.807, 2.05) is 65.8 Å². The minimum Gasteiger partial charge on any atom is -0.465 e. The maximum Gasteiger partial charge on any atom is 0.433 e. The number of carboxylic acid groups (broad SMARTS) is 1. The van der Waals surface area contributed by atoms with Crippen molar-refractivity contribution in [3.8, 4) is 33.6 Å². The number of nitrogens with zero attached hydrogens (tertiary/aromatic N) is 4. The van der Waals surface area contributed by atoms with Gasteiger partial charge in [0.2, 0.25) is 0 Å². The van der Waals surface area contributed by atoms with Crippen molar-refractivity contribution < 1.29 is 32.6 Å². The van der Waals surface area contributed by atoms with Crippen molar-refractivity contribution in [2.75, 3.05) is 13.1 Å². The molecule has 2 aliphatic rings. The van der Waals surface area contributed by atoms with Gasteiger partial charge in [0.05, 0.1) is 17.9 Å². The predicted molar refractivity (Wildman–Crippen MR) is 182 cm³/mol. The number of halogens is 3. The molecule has 4 heterocycles. The number of benzene rings is 2. The number of hydrogen-bond acceptors (Lipinski definition) is 5. The third-order valence-electron chi connectivity index (χ3n) is 9.71. The summed E-state index contributed by atoms with van der Waals surface area (Å²) in [6.07, 6.45) is -2.04. The first kappa shape index (κ1) is 35.0. The Morgan fingerprint density at radius 2 is 1.48 bits per heavy atom. The molecule has 2 aliphatic heterocycles. The van der Waals surface area contributed by atoms with Gasteiger partial charge in [-0.1, -0.05) is 69.3 Å². The van der Waals surface area contributed by atoms with Crippen molar-refractivity contribution in [1.82, 2.24) is 29.7 Å². The molecule has 4 aromatic rings. The number of ether oxygens (including phenoxy) is 1. The summed E-state index contributed by atoms with van der Waals surface area (Å²) in [5, 5.41) is 9.99. The van der Waals surface area contributed by atoms with E-state index in [1.165, 1.54) is 4.90 Å². The summed E-state index contributed by atoms with van der Waals surface area (Å²) in [5.41, 5.74) is -0.230. The molecule has 2 fully saturated rings. The van der Waals surface area contributed by atoms with E-state index in [9.17, 15) is 27.9 Å². The summed E-state index contributed by atoms with van der Waals surface area (Å²) in [6.45, 7) is 11.8. The average molecular weight is 693 g/mol. The molecule has 0 aliphatic carbocycles. The van der Waals surface area contributed by atoms with Crippen LogP contribution in [0.2, 0.25) is 0 Å². The van der Waals surface area contributed by atoms with Crippen LogP contribution >= 0.6 is 0 Å². The number of alkyl halides is 3. The molecule has 10 nitrogen and oxygen atoms in total. The van der Waals surface area contributed by atoms with Crippen LogP contribution in [0.3, 0.4) is 0 Å². The molecule has 0 spiro atoms. The Labute approximate surface area is 289 Å². The third kappa shape index (κ3) is 6.45. The number of carbonyl (C=O) groups is 2. The largest absolute Gasteiger partial charge is 0.465 e. The summed E-state index contributed by atoms with van der Waals surface area (Å²) in [4.78, 5) is 42.9. The van der Waals surface area contributed by atoms with Gasteiger partial charge in [-0.15, -0.1) is 0 Å². The lowest BCUT2D eigenvalue weighted by Gasteiger charge is -2.45. The van der Waals surface area contributed by atoms with Crippen LogP contribution in [-0.4, -0.2) is 65.7 Å². The van der Waals surface area contributed by atoms with Gasteiger partial charge < -0.3 is 19.8 Å². The maximum atomic E-state index is 14.4.